The number of likely N-dealkylation sites (tertiary alicyclic amines) is 1. The monoisotopic (exact) mass is 381 g/mol. The molecule has 0 saturated carbocycles. The summed E-state index contributed by atoms with van der Waals surface area (Å²) in [6.07, 6.45) is 4.92. The zero-order chi connectivity index (χ0) is 19.5. The summed E-state index contributed by atoms with van der Waals surface area (Å²) in [7, 11) is 1.72. The molecular formula is C21H27N5O2. The van der Waals surface area contributed by atoms with Crippen LogP contribution in [0.25, 0.3) is 10.9 Å². The Morgan fingerprint density at radius 2 is 2.21 bits per heavy atom. The van der Waals surface area contributed by atoms with Gasteiger partial charge in [0, 0.05) is 50.4 Å². The SMILES string of the molecule is COCCn1c(C)cnc1CC1CCCN(C(=O)c2n[nH]c3ccccc23)C1. The molecule has 1 aliphatic heterocycles. The molecule has 0 spiro atoms. The number of imidazole rings is 1. The predicted octanol–water partition coefficient (Wildman–Crippen LogP) is 2.81. The molecule has 1 fully saturated rings. The summed E-state index contributed by atoms with van der Waals surface area (Å²) < 4.78 is 7.46. The van der Waals surface area contributed by atoms with Crippen molar-refractivity contribution in [3.63, 3.8) is 0 Å². The summed E-state index contributed by atoms with van der Waals surface area (Å²) in [6.45, 7) is 5.09. The average molecular weight is 381 g/mol. The van der Waals surface area contributed by atoms with Gasteiger partial charge in [-0.15, -0.1) is 0 Å². The van der Waals surface area contributed by atoms with Gasteiger partial charge in [-0.25, -0.2) is 4.98 Å². The highest BCUT2D eigenvalue weighted by atomic mass is 16.5. The van der Waals surface area contributed by atoms with Crippen molar-refractivity contribution in [3.05, 3.63) is 47.7 Å². The van der Waals surface area contributed by atoms with Gasteiger partial charge in [-0.2, -0.15) is 5.10 Å². The number of hydrogen-bond donors (Lipinski definition) is 1. The number of methoxy groups -OCH3 is 1. The second kappa shape index (κ2) is 8.14. The molecular weight excluding hydrogens is 354 g/mol. The van der Waals surface area contributed by atoms with E-state index in [0.29, 0.717) is 18.2 Å². The Balaban J connectivity index is 1.47. The van der Waals surface area contributed by atoms with Crippen molar-refractivity contribution >= 4 is 16.8 Å². The molecule has 1 aromatic carbocycles. The lowest BCUT2D eigenvalue weighted by molar-refractivity contribution is 0.0667. The maximum absolute atomic E-state index is 13.1. The number of amides is 1. The van der Waals surface area contributed by atoms with E-state index < -0.39 is 0 Å². The van der Waals surface area contributed by atoms with Gasteiger partial charge in [-0.3, -0.25) is 9.89 Å². The Kier molecular flexibility index (Phi) is 5.43. The van der Waals surface area contributed by atoms with Crippen molar-refractivity contribution < 1.29 is 9.53 Å². The Morgan fingerprint density at radius 1 is 1.36 bits per heavy atom. The highest BCUT2D eigenvalue weighted by Gasteiger charge is 2.28. The largest absolute Gasteiger partial charge is 0.383 e. The summed E-state index contributed by atoms with van der Waals surface area (Å²) in [5.74, 6) is 1.51. The normalized spacial score (nSPS) is 17.4. The lowest BCUT2D eigenvalue weighted by Gasteiger charge is -2.32. The minimum Gasteiger partial charge on any atom is -0.383 e. The number of aryl methyl sites for hydroxylation is 1. The molecule has 3 heterocycles. The maximum atomic E-state index is 13.1. The van der Waals surface area contributed by atoms with Gasteiger partial charge < -0.3 is 14.2 Å². The Bertz CT molecular complexity index is 961. The van der Waals surface area contributed by atoms with Crippen LogP contribution in [0, 0.1) is 12.8 Å². The third kappa shape index (κ3) is 3.67. The van der Waals surface area contributed by atoms with Crippen molar-refractivity contribution in [1.82, 2.24) is 24.6 Å². The highest BCUT2D eigenvalue weighted by Crippen LogP contribution is 2.24. The number of fused-ring (bicyclic) bond motifs is 1. The molecule has 4 rings (SSSR count). The fraction of sp³-hybridized carbons (Fsp3) is 0.476. The summed E-state index contributed by atoms with van der Waals surface area (Å²) in [5.41, 5.74) is 2.57. The third-order valence-corrected chi connectivity index (χ3v) is 5.61. The van der Waals surface area contributed by atoms with Crippen LogP contribution in [-0.2, 0) is 17.7 Å². The zero-order valence-electron chi connectivity index (χ0n) is 16.5. The first-order chi connectivity index (χ1) is 13.7. The molecule has 1 saturated heterocycles. The number of H-pyrrole nitrogens is 1. The first-order valence-corrected chi connectivity index (χ1v) is 9.89. The van der Waals surface area contributed by atoms with E-state index in [9.17, 15) is 4.79 Å². The Morgan fingerprint density at radius 3 is 3.07 bits per heavy atom. The quantitative estimate of drug-likeness (QED) is 0.712. The van der Waals surface area contributed by atoms with Crippen LogP contribution < -0.4 is 0 Å². The van der Waals surface area contributed by atoms with Gasteiger partial charge in [0.1, 0.15) is 5.82 Å². The Hall–Kier alpha value is -2.67. The van der Waals surface area contributed by atoms with Crippen LogP contribution in [0.2, 0.25) is 0 Å². The van der Waals surface area contributed by atoms with E-state index in [0.717, 1.165) is 61.3 Å². The molecule has 1 N–H and O–H groups in total. The molecule has 0 aliphatic carbocycles. The van der Waals surface area contributed by atoms with Crippen molar-refractivity contribution in [2.24, 2.45) is 5.92 Å². The molecule has 3 aromatic rings. The number of nitrogens with zero attached hydrogens (tertiary/aromatic N) is 4. The van der Waals surface area contributed by atoms with Gasteiger partial charge in [0.25, 0.3) is 5.91 Å². The van der Waals surface area contributed by atoms with Gasteiger partial charge >= 0.3 is 0 Å². The maximum Gasteiger partial charge on any atom is 0.275 e. The second-order valence-electron chi connectivity index (χ2n) is 7.54. The first-order valence-electron chi connectivity index (χ1n) is 9.89. The van der Waals surface area contributed by atoms with Crippen LogP contribution in [0.1, 0.15) is 34.8 Å². The zero-order valence-corrected chi connectivity index (χ0v) is 16.5. The number of rotatable bonds is 6. The molecule has 7 heteroatoms. The van der Waals surface area contributed by atoms with Crippen LogP contribution in [0.4, 0.5) is 0 Å². The number of aromatic amines is 1. The molecule has 0 radical (unpaired) electrons. The smallest absolute Gasteiger partial charge is 0.275 e. The molecule has 7 nitrogen and oxygen atoms in total. The van der Waals surface area contributed by atoms with Crippen molar-refractivity contribution in [3.8, 4) is 0 Å². The Labute approximate surface area is 164 Å². The van der Waals surface area contributed by atoms with Crippen molar-refractivity contribution in [1.29, 1.82) is 0 Å². The van der Waals surface area contributed by atoms with Crippen molar-refractivity contribution in [2.45, 2.75) is 32.7 Å². The van der Waals surface area contributed by atoms with Gasteiger partial charge in [0.05, 0.1) is 12.1 Å². The topological polar surface area (TPSA) is 76.0 Å². The number of piperidine rings is 1. The van der Waals surface area contributed by atoms with Crippen LogP contribution in [0.5, 0.6) is 0 Å². The van der Waals surface area contributed by atoms with E-state index >= 15 is 0 Å². The van der Waals surface area contributed by atoms with Crippen molar-refractivity contribution in [2.75, 3.05) is 26.8 Å². The number of para-hydroxylation sites is 1. The lowest BCUT2D eigenvalue weighted by atomic mass is 9.94. The van der Waals surface area contributed by atoms with Gasteiger partial charge in [-0.05, 0) is 31.7 Å². The number of ether oxygens (including phenoxy) is 1. The van der Waals surface area contributed by atoms with E-state index in [1.807, 2.05) is 35.4 Å². The molecule has 0 bridgehead atoms. The van der Waals surface area contributed by atoms with Crippen LogP contribution in [0.15, 0.2) is 30.5 Å². The van der Waals surface area contributed by atoms with Crippen LogP contribution >= 0.6 is 0 Å². The summed E-state index contributed by atoms with van der Waals surface area (Å²) >= 11 is 0. The molecule has 28 heavy (non-hydrogen) atoms. The number of carbonyl (C=O) groups excluding carboxylic acids is 1. The molecule has 1 aliphatic rings. The minimum atomic E-state index is 0.0149. The second-order valence-corrected chi connectivity index (χ2v) is 7.54. The number of carbonyl (C=O) groups is 1. The van der Waals surface area contributed by atoms with Gasteiger partial charge in [0.2, 0.25) is 0 Å². The molecule has 1 unspecified atom stereocenters. The summed E-state index contributed by atoms with van der Waals surface area (Å²) in [5, 5.41) is 8.14. The number of benzene rings is 1. The first kappa shape index (κ1) is 18.7. The third-order valence-electron chi connectivity index (χ3n) is 5.61. The minimum absolute atomic E-state index is 0.0149. The van der Waals surface area contributed by atoms with Crippen LogP contribution in [0.3, 0.4) is 0 Å². The van der Waals surface area contributed by atoms with E-state index in [4.69, 9.17) is 4.74 Å². The molecule has 2 aromatic heterocycles. The molecule has 1 amide bonds. The molecule has 1 atom stereocenters. The van der Waals surface area contributed by atoms with E-state index in [-0.39, 0.29) is 5.91 Å². The van der Waals surface area contributed by atoms with Gasteiger partial charge in [-0.1, -0.05) is 18.2 Å². The lowest BCUT2D eigenvalue weighted by Crippen LogP contribution is -2.41. The standard InChI is InChI=1S/C21H27N5O2/c1-15-13-22-19(26(15)10-11-28-2)12-16-6-5-9-25(14-16)21(27)20-17-7-3-4-8-18(17)23-24-20/h3-4,7-8,13,16H,5-6,9-12,14H2,1-2H3,(H,23,24). The van der Waals surface area contributed by atoms with Crippen LogP contribution in [-0.4, -0.2) is 57.4 Å². The predicted molar refractivity (Wildman–Crippen MR) is 107 cm³/mol. The fourth-order valence-corrected chi connectivity index (χ4v) is 4.11. The number of aromatic nitrogens is 4. The molecule has 148 valence electrons. The van der Waals surface area contributed by atoms with E-state index in [1.54, 1.807) is 7.11 Å². The summed E-state index contributed by atoms with van der Waals surface area (Å²) in [4.78, 5) is 19.7. The fourth-order valence-electron chi connectivity index (χ4n) is 4.11. The average Bonchev–Trinajstić information content (AvgIpc) is 3.30. The van der Waals surface area contributed by atoms with E-state index in [1.165, 1.54) is 0 Å². The number of nitrogens with one attached hydrogen (secondary N) is 1. The van der Waals surface area contributed by atoms with Gasteiger partial charge in [0.15, 0.2) is 5.69 Å². The summed E-state index contributed by atoms with van der Waals surface area (Å²) in [6, 6.07) is 7.78. The number of hydrogen-bond acceptors (Lipinski definition) is 4. The highest BCUT2D eigenvalue weighted by molar-refractivity contribution is 6.04. The van der Waals surface area contributed by atoms with E-state index in [2.05, 4.69) is 26.7 Å².